The molecule has 0 saturated carbocycles. The molecule has 0 saturated heterocycles. The molecule has 0 amide bonds. The van der Waals surface area contributed by atoms with Crippen LogP contribution in [0, 0.1) is 6.92 Å². The van der Waals surface area contributed by atoms with Crippen LogP contribution in [0.5, 0.6) is 0 Å². The molecule has 0 radical (unpaired) electrons. The van der Waals surface area contributed by atoms with Gasteiger partial charge in [-0.1, -0.05) is 23.7 Å². The topological polar surface area (TPSA) is 75.3 Å². The lowest BCUT2D eigenvalue weighted by molar-refractivity contribution is 0.0531. The van der Waals surface area contributed by atoms with Crippen molar-refractivity contribution in [3.63, 3.8) is 0 Å². The first kappa shape index (κ1) is 20.5. The minimum Gasteiger partial charge on any atom is -0.462 e. The molecule has 3 aromatic rings. The van der Waals surface area contributed by atoms with Gasteiger partial charge >= 0.3 is 5.97 Å². The lowest BCUT2D eigenvalue weighted by atomic mass is 10.2. The number of fused-ring (bicyclic) bond motifs is 1. The third-order valence-electron chi connectivity index (χ3n) is 4.68. The summed E-state index contributed by atoms with van der Waals surface area (Å²) in [5.74, 6) is 0.141. The molecule has 3 rings (SSSR count). The summed E-state index contributed by atoms with van der Waals surface area (Å²) in [6.07, 6.45) is 0. The Kier molecular flexibility index (Phi) is 6.17. The molecule has 1 N–H and O–H groups in total. The second-order valence-electron chi connectivity index (χ2n) is 6.63. The van der Waals surface area contributed by atoms with E-state index in [1.807, 2.05) is 38.2 Å². The molecule has 0 bridgehead atoms. The van der Waals surface area contributed by atoms with Crippen LogP contribution in [-0.4, -0.2) is 34.5 Å². The minimum absolute atomic E-state index is 0.124. The van der Waals surface area contributed by atoms with Gasteiger partial charge in [-0.15, -0.1) is 11.3 Å². The maximum Gasteiger partial charge on any atom is 0.348 e. The van der Waals surface area contributed by atoms with Crippen molar-refractivity contribution in [2.45, 2.75) is 33.4 Å². The Morgan fingerprint density at radius 2 is 2.04 bits per heavy atom. The molecule has 1 unspecified atom stereocenters. The number of nitrogens with zero attached hydrogens (tertiary/aromatic N) is 2. The molecule has 1 atom stereocenters. The summed E-state index contributed by atoms with van der Waals surface area (Å²) in [5, 5.41) is 1.14. The first-order valence-corrected chi connectivity index (χ1v) is 10.2. The highest BCUT2D eigenvalue weighted by Gasteiger charge is 2.22. The van der Waals surface area contributed by atoms with E-state index in [4.69, 9.17) is 16.3 Å². The van der Waals surface area contributed by atoms with Gasteiger partial charge < -0.3 is 9.72 Å². The van der Waals surface area contributed by atoms with Gasteiger partial charge in [-0.3, -0.25) is 9.69 Å². The molecule has 2 heterocycles. The quantitative estimate of drug-likeness (QED) is 0.602. The number of thiophene rings is 1. The fourth-order valence-corrected chi connectivity index (χ4v) is 4.18. The number of H-pyrrole nitrogens is 1. The van der Waals surface area contributed by atoms with Crippen LogP contribution in [0.15, 0.2) is 29.1 Å². The number of rotatable bonds is 6. The zero-order valence-electron chi connectivity index (χ0n) is 16.2. The Balaban J connectivity index is 1.91. The maximum absolute atomic E-state index is 12.7. The van der Waals surface area contributed by atoms with Crippen LogP contribution in [-0.2, 0) is 11.3 Å². The van der Waals surface area contributed by atoms with E-state index in [0.29, 0.717) is 38.0 Å². The second-order valence-corrected chi connectivity index (χ2v) is 8.06. The fourth-order valence-electron chi connectivity index (χ4n) is 2.97. The van der Waals surface area contributed by atoms with Crippen LogP contribution in [0.1, 0.15) is 46.5 Å². The summed E-state index contributed by atoms with van der Waals surface area (Å²) < 4.78 is 5.08. The smallest absolute Gasteiger partial charge is 0.348 e. The zero-order valence-corrected chi connectivity index (χ0v) is 17.8. The van der Waals surface area contributed by atoms with Crippen molar-refractivity contribution >= 4 is 39.1 Å². The van der Waals surface area contributed by atoms with Crippen LogP contribution in [0.2, 0.25) is 5.02 Å². The van der Waals surface area contributed by atoms with Crippen LogP contribution < -0.4 is 5.56 Å². The van der Waals surface area contributed by atoms with Gasteiger partial charge in [0.1, 0.15) is 15.5 Å². The lowest BCUT2D eigenvalue weighted by Gasteiger charge is -2.24. The standard InChI is InChI=1S/C20H22ClN3O3S/c1-5-27-20(26)16-11(2)15-18(25)22-17(23-19(15)28-16)12(3)24(4)10-13-6-8-14(21)9-7-13/h6-9,12H,5,10H2,1-4H3,(H,22,23,25). The second kappa shape index (κ2) is 8.43. The Bertz CT molecular complexity index is 1060. The van der Waals surface area contributed by atoms with Gasteiger partial charge in [0.15, 0.2) is 0 Å². The molecule has 0 aliphatic rings. The monoisotopic (exact) mass is 419 g/mol. The number of benzene rings is 1. The highest BCUT2D eigenvalue weighted by molar-refractivity contribution is 7.20. The minimum atomic E-state index is -0.420. The highest BCUT2D eigenvalue weighted by Crippen LogP contribution is 2.29. The van der Waals surface area contributed by atoms with Crippen LogP contribution in [0.3, 0.4) is 0 Å². The molecule has 28 heavy (non-hydrogen) atoms. The van der Waals surface area contributed by atoms with Gasteiger partial charge in [0.05, 0.1) is 18.0 Å². The normalized spacial score (nSPS) is 12.5. The number of halogens is 1. The number of carbonyl (C=O) groups excluding carboxylic acids is 1. The molecular weight excluding hydrogens is 398 g/mol. The molecule has 148 valence electrons. The van der Waals surface area contributed by atoms with E-state index in [0.717, 1.165) is 5.56 Å². The predicted octanol–water partition coefficient (Wildman–Crippen LogP) is 4.32. The third-order valence-corrected chi connectivity index (χ3v) is 6.10. The molecule has 0 aliphatic heterocycles. The summed E-state index contributed by atoms with van der Waals surface area (Å²) in [4.78, 5) is 35.4. The van der Waals surface area contributed by atoms with Crippen molar-refractivity contribution in [1.82, 2.24) is 14.9 Å². The van der Waals surface area contributed by atoms with E-state index in [1.165, 1.54) is 11.3 Å². The molecule has 0 aliphatic carbocycles. The Morgan fingerprint density at radius 1 is 1.36 bits per heavy atom. The van der Waals surface area contributed by atoms with E-state index in [-0.39, 0.29) is 18.2 Å². The number of hydrogen-bond donors (Lipinski definition) is 1. The Morgan fingerprint density at radius 3 is 2.68 bits per heavy atom. The van der Waals surface area contributed by atoms with Crippen LogP contribution >= 0.6 is 22.9 Å². The molecule has 8 heteroatoms. The van der Waals surface area contributed by atoms with E-state index < -0.39 is 5.97 Å². The lowest BCUT2D eigenvalue weighted by Crippen LogP contribution is -2.25. The van der Waals surface area contributed by atoms with Crippen molar-refractivity contribution in [3.05, 3.63) is 61.5 Å². The summed E-state index contributed by atoms with van der Waals surface area (Å²) in [6, 6.07) is 7.53. The number of aromatic amines is 1. The highest BCUT2D eigenvalue weighted by atomic mass is 35.5. The predicted molar refractivity (Wildman–Crippen MR) is 112 cm³/mol. The molecule has 6 nitrogen and oxygen atoms in total. The van der Waals surface area contributed by atoms with Gasteiger partial charge in [-0.2, -0.15) is 0 Å². The average molecular weight is 420 g/mol. The molecule has 1 aromatic carbocycles. The Hall–Kier alpha value is -2.22. The van der Waals surface area contributed by atoms with Crippen molar-refractivity contribution in [1.29, 1.82) is 0 Å². The summed E-state index contributed by atoms with van der Waals surface area (Å²) in [7, 11) is 1.97. The molecule has 2 aromatic heterocycles. The van der Waals surface area contributed by atoms with E-state index in [1.54, 1.807) is 13.8 Å². The third kappa shape index (κ3) is 4.11. The Labute approximate surface area is 172 Å². The van der Waals surface area contributed by atoms with Gasteiger partial charge in [-0.05, 0) is 51.1 Å². The van der Waals surface area contributed by atoms with Crippen molar-refractivity contribution < 1.29 is 9.53 Å². The molecular formula is C20H22ClN3O3S. The number of esters is 1. The largest absolute Gasteiger partial charge is 0.462 e. The summed E-state index contributed by atoms with van der Waals surface area (Å²) in [6.45, 7) is 6.44. The van der Waals surface area contributed by atoms with Crippen molar-refractivity contribution in [2.75, 3.05) is 13.7 Å². The van der Waals surface area contributed by atoms with Crippen LogP contribution in [0.25, 0.3) is 10.2 Å². The molecule has 0 fully saturated rings. The molecule has 0 spiro atoms. The van der Waals surface area contributed by atoms with E-state index in [9.17, 15) is 9.59 Å². The van der Waals surface area contributed by atoms with Gasteiger partial charge in [0.25, 0.3) is 5.56 Å². The average Bonchev–Trinajstić information content (AvgIpc) is 3.00. The zero-order chi connectivity index (χ0) is 20.4. The van der Waals surface area contributed by atoms with E-state index >= 15 is 0 Å². The fraction of sp³-hybridized carbons (Fsp3) is 0.350. The summed E-state index contributed by atoms with van der Waals surface area (Å²) >= 11 is 7.14. The van der Waals surface area contributed by atoms with Gasteiger partial charge in [-0.25, -0.2) is 9.78 Å². The first-order valence-electron chi connectivity index (χ1n) is 8.97. The first-order chi connectivity index (χ1) is 13.3. The van der Waals surface area contributed by atoms with Crippen LogP contribution in [0.4, 0.5) is 0 Å². The number of nitrogens with one attached hydrogen (secondary N) is 1. The number of aromatic nitrogens is 2. The number of ether oxygens (including phenoxy) is 1. The summed E-state index contributed by atoms with van der Waals surface area (Å²) in [5.41, 5.74) is 1.48. The van der Waals surface area contributed by atoms with E-state index in [2.05, 4.69) is 14.9 Å². The SMILES string of the molecule is CCOC(=O)c1sc2nc(C(C)N(C)Cc3ccc(Cl)cc3)[nH]c(=O)c2c1C. The van der Waals surface area contributed by atoms with Gasteiger partial charge in [0, 0.05) is 11.6 Å². The van der Waals surface area contributed by atoms with Crippen molar-refractivity contribution in [2.24, 2.45) is 0 Å². The number of carbonyl (C=O) groups is 1. The number of hydrogen-bond acceptors (Lipinski definition) is 6. The van der Waals surface area contributed by atoms with Gasteiger partial charge in [0.2, 0.25) is 0 Å². The van der Waals surface area contributed by atoms with Crippen molar-refractivity contribution in [3.8, 4) is 0 Å². The number of aryl methyl sites for hydroxylation is 1. The maximum atomic E-state index is 12.7.